The first-order valence-corrected chi connectivity index (χ1v) is 9.03. The molecule has 0 aromatic heterocycles. The van der Waals surface area contributed by atoms with Gasteiger partial charge in [-0.2, -0.15) is 0 Å². The van der Waals surface area contributed by atoms with Crippen LogP contribution in [0.25, 0.3) is 0 Å². The van der Waals surface area contributed by atoms with Gasteiger partial charge in [0.1, 0.15) is 6.04 Å². The molecule has 1 fully saturated rings. The molecule has 2 N–H and O–H groups in total. The highest BCUT2D eigenvalue weighted by Crippen LogP contribution is 2.14. The summed E-state index contributed by atoms with van der Waals surface area (Å²) in [5.74, 6) is -1.19. The number of nitrogens with one attached hydrogen (secondary N) is 1. The smallest absolute Gasteiger partial charge is 0.321 e. The van der Waals surface area contributed by atoms with E-state index in [-0.39, 0.29) is 12.3 Å². The maximum atomic E-state index is 12.3. The SMILES string of the molecule is CCCCc1ccc(NC(=O)C[C@H](C(=O)O)N2CCN(C)CC2)cc1. The van der Waals surface area contributed by atoms with Crippen molar-refractivity contribution in [1.29, 1.82) is 0 Å². The van der Waals surface area contributed by atoms with E-state index in [0.717, 1.165) is 32.4 Å². The summed E-state index contributed by atoms with van der Waals surface area (Å²) in [5, 5.41) is 12.3. The Morgan fingerprint density at radius 1 is 1.16 bits per heavy atom. The molecule has 1 saturated heterocycles. The number of hydrogen-bond donors (Lipinski definition) is 2. The van der Waals surface area contributed by atoms with Gasteiger partial charge in [-0.05, 0) is 37.6 Å². The quantitative estimate of drug-likeness (QED) is 0.753. The van der Waals surface area contributed by atoms with Gasteiger partial charge in [0.2, 0.25) is 5.91 Å². The number of benzene rings is 1. The van der Waals surface area contributed by atoms with Gasteiger partial charge < -0.3 is 15.3 Å². The van der Waals surface area contributed by atoms with Gasteiger partial charge in [0, 0.05) is 31.9 Å². The monoisotopic (exact) mass is 347 g/mol. The van der Waals surface area contributed by atoms with Gasteiger partial charge >= 0.3 is 5.97 Å². The first kappa shape index (κ1) is 19.4. The van der Waals surface area contributed by atoms with E-state index in [2.05, 4.69) is 17.1 Å². The molecule has 0 aliphatic carbocycles. The number of aliphatic carboxylic acids is 1. The summed E-state index contributed by atoms with van der Waals surface area (Å²) in [6.45, 7) is 5.16. The molecule has 25 heavy (non-hydrogen) atoms. The number of piperazine rings is 1. The molecule has 2 rings (SSSR count). The maximum Gasteiger partial charge on any atom is 0.321 e. The second-order valence-electron chi connectivity index (χ2n) is 6.75. The number of anilines is 1. The summed E-state index contributed by atoms with van der Waals surface area (Å²) in [6, 6.07) is 7.03. The number of carboxylic acid groups (broad SMARTS) is 1. The third kappa shape index (κ3) is 6.14. The van der Waals surface area contributed by atoms with E-state index >= 15 is 0 Å². The number of carbonyl (C=O) groups is 2. The van der Waals surface area contributed by atoms with Gasteiger partial charge in [-0.15, -0.1) is 0 Å². The van der Waals surface area contributed by atoms with Crippen LogP contribution >= 0.6 is 0 Å². The van der Waals surface area contributed by atoms with E-state index in [0.29, 0.717) is 18.8 Å². The minimum atomic E-state index is -0.936. The van der Waals surface area contributed by atoms with E-state index in [1.54, 1.807) is 0 Å². The van der Waals surface area contributed by atoms with Gasteiger partial charge in [0.15, 0.2) is 0 Å². The third-order valence-corrected chi connectivity index (χ3v) is 4.70. The Labute approximate surface area is 149 Å². The lowest BCUT2D eigenvalue weighted by atomic mass is 10.1. The van der Waals surface area contributed by atoms with E-state index in [1.807, 2.05) is 36.2 Å². The zero-order valence-electron chi connectivity index (χ0n) is 15.2. The predicted octanol–water partition coefficient (Wildman–Crippen LogP) is 2.06. The molecule has 1 aromatic carbocycles. The number of carbonyl (C=O) groups excluding carboxylic acids is 1. The van der Waals surface area contributed by atoms with Crippen molar-refractivity contribution in [3.05, 3.63) is 29.8 Å². The Morgan fingerprint density at radius 2 is 1.80 bits per heavy atom. The van der Waals surface area contributed by atoms with Crippen LogP contribution in [0.3, 0.4) is 0 Å². The number of rotatable bonds is 8. The molecule has 0 saturated carbocycles. The van der Waals surface area contributed by atoms with Gasteiger partial charge in [0.05, 0.1) is 6.42 Å². The van der Waals surface area contributed by atoms with Crippen molar-refractivity contribution < 1.29 is 14.7 Å². The average molecular weight is 347 g/mol. The lowest BCUT2D eigenvalue weighted by Crippen LogP contribution is -2.52. The highest BCUT2D eigenvalue weighted by atomic mass is 16.4. The molecule has 1 aliphatic heterocycles. The van der Waals surface area contributed by atoms with Crippen molar-refractivity contribution in [3.63, 3.8) is 0 Å². The Balaban J connectivity index is 1.89. The van der Waals surface area contributed by atoms with Crippen molar-refractivity contribution in [1.82, 2.24) is 9.80 Å². The highest BCUT2D eigenvalue weighted by Gasteiger charge is 2.30. The van der Waals surface area contributed by atoms with Gasteiger partial charge in [-0.1, -0.05) is 25.5 Å². The van der Waals surface area contributed by atoms with Gasteiger partial charge in [-0.3, -0.25) is 14.5 Å². The summed E-state index contributed by atoms with van der Waals surface area (Å²) >= 11 is 0. The van der Waals surface area contributed by atoms with Crippen LogP contribution in [0, 0.1) is 0 Å². The highest BCUT2D eigenvalue weighted by molar-refractivity contribution is 5.94. The minimum absolute atomic E-state index is 0.0311. The molecule has 0 unspecified atom stereocenters. The number of likely N-dealkylation sites (N-methyl/N-ethyl adjacent to an activating group) is 1. The number of carboxylic acids is 1. The average Bonchev–Trinajstić information content (AvgIpc) is 2.60. The Bertz CT molecular complexity index is 566. The zero-order valence-corrected chi connectivity index (χ0v) is 15.2. The predicted molar refractivity (Wildman–Crippen MR) is 98.8 cm³/mol. The molecular weight excluding hydrogens is 318 g/mol. The normalized spacial score (nSPS) is 17.2. The summed E-state index contributed by atoms with van der Waals surface area (Å²) in [6.07, 6.45) is 3.31. The number of nitrogens with zero attached hydrogens (tertiary/aromatic N) is 2. The van der Waals surface area contributed by atoms with Crippen LogP contribution in [-0.4, -0.2) is 66.1 Å². The van der Waals surface area contributed by atoms with Crippen molar-refractivity contribution in [3.8, 4) is 0 Å². The topological polar surface area (TPSA) is 72.9 Å². The third-order valence-electron chi connectivity index (χ3n) is 4.70. The van der Waals surface area contributed by atoms with E-state index in [9.17, 15) is 14.7 Å². The summed E-state index contributed by atoms with van der Waals surface area (Å²) in [4.78, 5) is 27.9. The summed E-state index contributed by atoms with van der Waals surface area (Å²) < 4.78 is 0. The Morgan fingerprint density at radius 3 is 2.36 bits per heavy atom. The molecule has 1 aromatic rings. The fourth-order valence-electron chi connectivity index (χ4n) is 3.03. The number of unbranched alkanes of at least 4 members (excludes halogenated alkanes) is 1. The fraction of sp³-hybridized carbons (Fsp3) is 0.579. The second kappa shape index (κ2) is 9.53. The van der Waals surface area contributed by atoms with Crippen LogP contribution in [0.5, 0.6) is 0 Å². The van der Waals surface area contributed by atoms with Crippen LogP contribution in [0.15, 0.2) is 24.3 Å². The largest absolute Gasteiger partial charge is 0.480 e. The van der Waals surface area contributed by atoms with Gasteiger partial charge in [-0.25, -0.2) is 0 Å². The molecule has 1 atom stereocenters. The standard InChI is InChI=1S/C19H29N3O3/c1-3-4-5-15-6-8-16(9-7-15)20-18(23)14-17(19(24)25)22-12-10-21(2)11-13-22/h6-9,17H,3-5,10-14H2,1-2H3,(H,20,23)(H,24,25)/t17-/m1/s1. The first-order chi connectivity index (χ1) is 12.0. The van der Waals surface area contributed by atoms with Gasteiger partial charge in [0.25, 0.3) is 0 Å². The fourth-order valence-corrected chi connectivity index (χ4v) is 3.03. The molecule has 1 amide bonds. The maximum absolute atomic E-state index is 12.3. The molecule has 0 radical (unpaired) electrons. The molecule has 6 heteroatoms. The summed E-state index contributed by atoms with van der Waals surface area (Å²) in [7, 11) is 2.02. The van der Waals surface area contributed by atoms with Crippen molar-refractivity contribution in [2.75, 3.05) is 38.5 Å². The van der Waals surface area contributed by atoms with Crippen LogP contribution in [-0.2, 0) is 16.0 Å². The molecule has 138 valence electrons. The lowest BCUT2D eigenvalue weighted by molar-refractivity contribution is -0.145. The number of hydrogen-bond acceptors (Lipinski definition) is 4. The number of amides is 1. The van der Waals surface area contributed by atoms with Crippen LogP contribution in [0.4, 0.5) is 5.69 Å². The molecule has 0 bridgehead atoms. The van der Waals surface area contributed by atoms with E-state index in [1.165, 1.54) is 5.56 Å². The number of aryl methyl sites for hydroxylation is 1. The van der Waals surface area contributed by atoms with Crippen molar-refractivity contribution >= 4 is 17.6 Å². The molecule has 6 nitrogen and oxygen atoms in total. The zero-order chi connectivity index (χ0) is 18.2. The van der Waals surface area contributed by atoms with Crippen LogP contribution in [0.2, 0.25) is 0 Å². The minimum Gasteiger partial charge on any atom is -0.480 e. The van der Waals surface area contributed by atoms with Crippen LogP contribution in [0.1, 0.15) is 31.7 Å². The van der Waals surface area contributed by atoms with Crippen molar-refractivity contribution in [2.24, 2.45) is 0 Å². The van der Waals surface area contributed by atoms with Crippen molar-refractivity contribution in [2.45, 2.75) is 38.6 Å². The molecule has 0 spiro atoms. The van der Waals surface area contributed by atoms with E-state index in [4.69, 9.17) is 0 Å². The molecular formula is C19H29N3O3. The Hall–Kier alpha value is -1.92. The lowest BCUT2D eigenvalue weighted by Gasteiger charge is -2.35. The first-order valence-electron chi connectivity index (χ1n) is 9.03. The Kier molecular flexibility index (Phi) is 7.40. The second-order valence-corrected chi connectivity index (χ2v) is 6.75. The summed E-state index contributed by atoms with van der Waals surface area (Å²) in [5.41, 5.74) is 1.97. The van der Waals surface area contributed by atoms with E-state index < -0.39 is 12.0 Å². The molecule has 1 aliphatic rings. The van der Waals surface area contributed by atoms with Crippen LogP contribution < -0.4 is 5.32 Å². The molecule has 1 heterocycles.